The summed E-state index contributed by atoms with van der Waals surface area (Å²) >= 11 is 0. The van der Waals surface area contributed by atoms with Crippen LogP contribution >= 0.6 is 0 Å². The summed E-state index contributed by atoms with van der Waals surface area (Å²) in [6.45, 7) is 1.98. The summed E-state index contributed by atoms with van der Waals surface area (Å²) in [6, 6.07) is 11.5. The zero-order valence-corrected chi connectivity index (χ0v) is 11.5. The van der Waals surface area contributed by atoms with Crippen molar-refractivity contribution < 1.29 is 9.72 Å². The van der Waals surface area contributed by atoms with E-state index < -0.39 is 4.92 Å². The molecule has 0 bridgehead atoms. The molecule has 1 amide bonds. The van der Waals surface area contributed by atoms with Gasteiger partial charge in [-0.1, -0.05) is 12.1 Å². The van der Waals surface area contributed by atoms with E-state index in [2.05, 4.69) is 5.32 Å². The number of nitro groups is 1. The Morgan fingerprint density at radius 2 is 1.90 bits per heavy atom. The van der Waals surface area contributed by atoms with Crippen molar-refractivity contribution in [2.45, 2.75) is 13.5 Å². The highest BCUT2D eigenvalue weighted by Crippen LogP contribution is 2.18. The average Bonchev–Trinajstić information content (AvgIpc) is 2.45. The van der Waals surface area contributed by atoms with Gasteiger partial charge in [0, 0.05) is 29.4 Å². The molecule has 0 aliphatic carbocycles. The Bertz CT molecular complexity index is 681. The predicted octanol–water partition coefficient (Wildman–Crippen LogP) is 2.42. The molecule has 6 nitrogen and oxygen atoms in total. The van der Waals surface area contributed by atoms with Gasteiger partial charge in [0.25, 0.3) is 11.6 Å². The highest BCUT2D eigenvalue weighted by atomic mass is 16.6. The van der Waals surface area contributed by atoms with Gasteiger partial charge in [-0.2, -0.15) is 0 Å². The summed E-state index contributed by atoms with van der Waals surface area (Å²) in [5.74, 6) is -0.273. The number of hydrogen-bond donors (Lipinski definition) is 2. The molecule has 0 atom stereocenters. The number of nitrogens with zero attached hydrogens (tertiary/aromatic N) is 1. The largest absolute Gasteiger partial charge is 0.399 e. The highest BCUT2D eigenvalue weighted by Gasteiger charge is 2.13. The molecule has 21 heavy (non-hydrogen) atoms. The predicted molar refractivity (Wildman–Crippen MR) is 79.9 cm³/mol. The molecule has 108 valence electrons. The van der Waals surface area contributed by atoms with Gasteiger partial charge in [-0.3, -0.25) is 14.9 Å². The maximum Gasteiger partial charge on any atom is 0.272 e. The van der Waals surface area contributed by atoms with Gasteiger partial charge in [0.05, 0.1) is 4.92 Å². The van der Waals surface area contributed by atoms with E-state index in [1.165, 1.54) is 18.2 Å². The van der Waals surface area contributed by atoms with Gasteiger partial charge in [-0.15, -0.1) is 0 Å². The Balaban J connectivity index is 2.05. The number of carbonyl (C=O) groups is 1. The van der Waals surface area contributed by atoms with Crippen molar-refractivity contribution in [1.82, 2.24) is 5.32 Å². The normalized spacial score (nSPS) is 10.1. The van der Waals surface area contributed by atoms with Crippen molar-refractivity contribution in [3.63, 3.8) is 0 Å². The monoisotopic (exact) mass is 285 g/mol. The molecule has 3 N–H and O–H groups in total. The van der Waals surface area contributed by atoms with Crippen molar-refractivity contribution in [3.05, 3.63) is 69.3 Å². The summed E-state index contributed by atoms with van der Waals surface area (Å²) in [4.78, 5) is 22.3. The fourth-order valence-corrected chi connectivity index (χ4v) is 1.92. The van der Waals surface area contributed by atoms with E-state index in [1.807, 2.05) is 12.1 Å². The van der Waals surface area contributed by atoms with Crippen LogP contribution in [0.2, 0.25) is 0 Å². The van der Waals surface area contributed by atoms with Gasteiger partial charge in [0.1, 0.15) is 0 Å². The second kappa shape index (κ2) is 6.04. The van der Waals surface area contributed by atoms with Crippen LogP contribution in [0.1, 0.15) is 21.5 Å². The molecule has 0 saturated carbocycles. The maximum absolute atomic E-state index is 12.0. The molecule has 6 heteroatoms. The van der Waals surface area contributed by atoms with Crippen molar-refractivity contribution >= 4 is 17.3 Å². The van der Waals surface area contributed by atoms with Crippen LogP contribution in [0.15, 0.2) is 42.5 Å². The molecule has 0 aliphatic heterocycles. The lowest BCUT2D eigenvalue weighted by Crippen LogP contribution is -2.22. The average molecular weight is 285 g/mol. The van der Waals surface area contributed by atoms with Crippen LogP contribution in [0, 0.1) is 17.0 Å². The van der Waals surface area contributed by atoms with Crippen LogP contribution in [0.25, 0.3) is 0 Å². The number of nitrogens with two attached hydrogens (primary N) is 1. The second-order valence-electron chi connectivity index (χ2n) is 4.68. The van der Waals surface area contributed by atoms with Crippen molar-refractivity contribution in [2.75, 3.05) is 5.73 Å². The van der Waals surface area contributed by atoms with Gasteiger partial charge in [-0.25, -0.2) is 0 Å². The summed E-state index contributed by atoms with van der Waals surface area (Å²) in [5.41, 5.74) is 8.04. The number of nitrogen functional groups attached to an aromatic ring is 1. The Labute approximate surface area is 121 Å². The molecule has 0 heterocycles. The number of hydrogen-bond acceptors (Lipinski definition) is 4. The van der Waals surface area contributed by atoms with E-state index in [0.717, 1.165) is 5.56 Å². The molecular formula is C15H15N3O3. The smallest absolute Gasteiger partial charge is 0.272 e. The molecular weight excluding hydrogens is 270 g/mol. The first-order valence-corrected chi connectivity index (χ1v) is 6.35. The fraction of sp³-hybridized carbons (Fsp3) is 0.133. The van der Waals surface area contributed by atoms with E-state index in [0.29, 0.717) is 23.4 Å². The molecule has 0 saturated heterocycles. The standard InChI is InChI=1S/C15H15N3O3/c1-10-8-12(4-7-14(10)18(20)21)15(19)17-9-11-2-5-13(16)6-3-11/h2-8H,9,16H2,1H3,(H,17,19). The first kappa shape index (κ1) is 14.5. The number of aryl methyl sites for hydroxylation is 1. The Hall–Kier alpha value is -2.89. The fourth-order valence-electron chi connectivity index (χ4n) is 1.92. The third kappa shape index (κ3) is 3.56. The summed E-state index contributed by atoms with van der Waals surface area (Å²) in [5, 5.41) is 13.5. The number of benzene rings is 2. The Morgan fingerprint density at radius 1 is 1.24 bits per heavy atom. The first-order valence-electron chi connectivity index (χ1n) is 6.35. The minimum Gasteiger partial charge on any atom is -0.399 e. The van der Waals surface area contributed by atoms with E-state index in [-0.39, 0.29) is 11.6 Å². The highest BCUT2D eigenvalue weighted by molar-refractivity contribution is 5.94. The minimum absolute atomic E-state index is 0.00471. The molecule has 0 spiro atoms. The topological polar surface area (TPSA) is 98.3 Å². The van der Waals surface area contributed by atoms with Crippen LogP contribution in [-0.4, -0.2) is 10.8 Å². The van der Waals surface area contributed by atoms with Gasteiger partial charge in [0.2, 0.25) is 0 Å². The number of rotatable bonds is 4. The molecule has 2 aromatic carbocycles. The van der Waals surface area contributed by atoms with E-state index >= 15 is 0 Å². The molecule has 0 unspecified atom stereocenters. The molecule has 2 rings (SSSR count). The third-order valence-electron chi connectivity index (χ3n) is 3.09. The number of nitrogens with one attached hydrogen (secondary N) is 1. The van der Waals surface area contributed by atoms with Crippen LogP contribution in [-0.2, 0) is 6.54 Å². The SMILES string of the molecule is Cc1cc(C(=O)NCc2ccc(N)cc2)ccc1[N+](=O)[O-]. The number of amides is 1. The Kier molecular flexibility index (Phi) is 4.18. The third-order valence-corrected chi connectivity index (χ3v) is 3.09. The lowest BCUT2D eigenvalue weighted by atomic mass is 10.1. The zero-order chi connectivity index (χ0) is 15.4. The number of nitro benzene ring substituents is 1. The molecule has 2 aromatic rings. The van der Waals surface area contributed by atoms with E-state index in [9.17, 15) is 14.9 Å². The van der Waals surface area contributed by atoms with Gasteiger partial charge in [-0.05, 0) is 36.8 Å². The van der Waals surface area contributed by atoms with Gasteiger partial charge in [0.15, 0.2) is 0 Å². The van der Waals surface area contributed by atoms with Crippen LogP contribution < -0.4 is 11.1 Å². The molecule has 0 fully saturated rings. The van der Waals surface area contributed by atoms with Gasteiger partial charge < -0.3 is 11.1 Å². The maximum atomic E-state index is 12.0. The van der Waals surface area contributed by atoms with E-state index in [4.69, 9.17) is 5.73 Å². The summed E-state index contributed by atoms with van der Waals surface area (Å²) < 4.78 is 0. The minimum atomic E-state index is -0.467. The Morgan fingerprint density at radius 3 is 2.48 bits per heavy atom. The first-order chi connectivity index (χ1) is 9.97. The second-order valence-corrected chi connectivity index (χ2v) is 4.68. The summed E-state index contributed by atoms with van der Waals surface area (Å²) in [6.07, 6.45) is 0. The van der Waals surface area contributed by atoms with Crippen LogP contribution in [0.4, 0.5) is 11.4 Å². The van der Waals surface area contributed by atoms with Crippen molar-refractivity contribution in [1.29, 1.82) is 0 Å². The quantitative estimate of drug-likeness (QED) is 0.512. The van der Waals surface area contributed by atoms with Crippen LogP contribution in [0.5, 0.6) is 0 Å². The zero-order valence-electron chi connectivity index (χ0n) is 11.5. The molecule has 0 aromatic heterocycles. The number of anilines is 1. The molecule has 0 aliphatic rings. The van der Waals surface area contributed by atoms with Crippen LogP contribution in [0.3, 0.4) is 0 Å². The molecule has 0 radical (unpaired) electrons. The van der Waals surface area contributed by atoms with Crippen molar-refractivity contribution in [2.24, 2.45) is 0 Å². The lowest BCUT2D eigenvalue weighted by Gasteiger charge is -2.06. The summed E-state index contributed by atoms with van der Waals surface area (Å²) in [7, 11) is 0. The number of carbonyl (C=O) groups excluding carboxylic acids is 1. The van der Waals surface area contributed by atoms with Gasteiger partial charge >= 0.3 is 0 Å². The van der Waals surface area contributed by atoms with Crippen molar-refractivity contribution in [3.8, 4) is 0 Å². The van der Waals surface area contributed by atoms with E-state index in [1.54, 1.807) is 19.1 Å². The lowest BCUT2D eigenvalue weighted by molar-refractivity contribution is -0.385.